The van der Waals surface area contributed by atoms with E-state index in [-0.39, 0.29) is 28.7 Å². The monoisotopic (exact) mass is 444 g/mol. The van der Waals surface area contributed by atoms with E-state index in [1.54, 1.807) is 0 Å². The molecule has 0 radical (unpaired) electrons. The van der Waals surface area contributed by atoms with E-state index in [0.717, 1.165) is 43.5 Å². The van der Waals surface area contributed by atoms with Gasteiger partial charge < -0.3 is 32.3 Å². The summed E-state index contributed by atoms with van der Waals surface area (Å²) in [5, 5.41) is 11.8. The number of hydrogen-bond donors (Lipinski definition) is 2. The smallest absolute Gasteiger partial charge is 0.182 e. The zero-order valence-corrected chi connectivity index (χ0v) is 17.7. The van der Waals surface area contributed by atoms with E-state index in [9.17, 15) is 9.90 Å². The Balaban J connectivity index is 0.00000225. The lowest BCUT2D eigenvalue weighted by atomic mass is 9.68. The number of benzene rings is 2. The fraction of sp³-hybridized carbons (Fsp3) is 0.435. The molecule has 5 heteroatoms. The van der Waals surface area contributed by atoms with Crippen LogP contribution in [-0.2, 0) is 10.4 Å². The van der Waals surface area contributed by atoms with Crippen LogP contribution >= 0.6 is 0 Å². The van der Waals surface area contributed by atoms with E-state index in [1.165, 1.54) is 0 Å². The zero-order chi connectivity index (χ0) is 18.9. The minimum atomic E-state index is -1.60. The molecule has 0 aromatic heterocycles. The summed E-state index contributed by atoms with van der Waals surface area (Å²) in [7, 11) is 0. The molecule has 3 fully saturated rings. The predicted octanol–water partition coefficient (Wildman–Crippen LogP) is -0.689. The lowest BCUT2D eigenvalue weighted by Gasteiger charge is -2.53. The van der Waals surface area contributed by atoms with Crippen molar-refractivity contribution in [2.24, 2.45) is 17.6 Å². The topological polar surface area (TPSA) is 63.3 Å². The molecular formula is C23H29BrN2O2. The van der Waals surface area contributed by atoms with Gasteiger partial charge in [-0.25, -0.2) is 0 Å². The van der Waals surface area contributed by atoms with Gasteiger partial charge in [-0.15, -0.1) is 0 Å². The number of ketones is 1. The summed E-state index contributed by atoms with van der Waals surface area (Å²) in [5.41, 5.74) is 5.59. The third-order valence-corrected chi connectivity index (χ3v) is 6.78. The van der Waals surface area contributed by atoms with Crippen LogP contribution in [0.2, 0.25) is 0 Å². The Bertz CT molecular complexity index is 744. The van der Waals surface area contributed by atoms with Gasteiger partial charge in [-0.3, -0.25) is 4.79 Å². The van der Waals surface area contributed by atoms with Crippen molar-refractivity contribution in [1.29, 1.82) is 0 Å². The minimum absolute atomic E-state index is 0. The van der Waals surface area contributed by atoms with Crippen molar-refractivity contribution in [3.05, 3.63) is 71.8 Å². The lowest BCUT2D eigenvalue weighted by Crippen LogP contribution is -3.00. The standard InChI is InChI=1S/C23H29N2O2.BrH/c24-13-16-25-14-11-18(12-15-25)21(17-25)22(26)23(27,19-7-3-1-4-8-19)20-9-5-2-6-10-20;/h1-10,18,21,27H,11-17,24H2;1H/q+1;/p-1. The van der Waals surface area contributed by atoms with E-state index < -0.39 is 5.60 Å². The number of carbonyl (C=O) groups excluding carboxylic acids is 1. The number of quaternary nitrogens is 1. The van der Waals surface area contributed by atoms with Gasteiger partial charge in [0.05, 0.1) is 32.1 Å². The normalized spacial score (nSPS) is 26.5. The van der Waals surface area contributed by atoms with Crippen LogP contribution in [0.15, 0.2) is 60.7 Å². The predicted molar refractivity (Wildman–Crippen MR) is 106 cm³/mol. The third-order valence-electron chi connectivity index (χ3n) is 6.78. The maximum Gasteiger partial charge on any atom is 0.182 e. The van der Waals surface area contributed by atoms with Crippen molar-refractivity contribution in [2.45, 2.75) is 18.4 Å². The first-order valence-corrected chi connectivity index (χ1v) is 10.0. The van der Waals surface area contributed by atoms with E-state index in [1.807, 2.05) is 60.7 Å². The number of aliphatic hydroxyl groups is 1. The molecule has 0 spiro atoms. The Labute approximate surface area is 177 Å². The second-order valence-electron chi connectivity index (χ2n) is 8.23. The first-order chi connectivity index (χ1) is 13.1. The van der Waals surface area contributed by atoms with Gasteiger partial charge >= 0.3 is 0 Å². The fourth-order valence-electron chi connectivity index (χ4n) is 5.25. The second-order valence-corrected chi connectivity index (χ2v) is 8.23. The van der Waals surface area contributed by atoms with Gasteiger partial charge in [0, 0.05) is 19.4 Å². The maximum atomic E-state index is 13.9. The van der Waals surface area contributed by atoms with Crippen LogP contribution in [0.4, 0.5) is 0 Å². The van der Waals surface area contributed by atoms with Crippen molar-refractivity contribution < 1.29 is 31.4 Å². The lowest BCUT2D eigenvalue weighted by molar-refractivity contribution is -0.944. The van der Waals surface area contributed by atoms with Crippen molar-refractivity contribution in [3.63, 3.8) is 0 Å². The molecule has 5 rings (SSSR count). The summed E-state index contributed by atoms with van der Waals surface area (Å²) in [6.07, 6.45) is 2.10. The van der Waals surface area contributed by atoms with Gasteiger partial charge in [0.2, 0.25) is 0 Å². The summed E-state index contributed by atoms with van der Waals surface area (Å²) in [6.45, 7) is 4.60. The first-order valence-electron chi connectivity index (χ1n) is 10.0. The summed E-state index contributed by atoms with van der Waals surface area (Å²) in [5.74, 6) is 0.197. The number of halogens is 1. The van der Waals surface area contributed by atoms with Crippen LogP contribution < -0.4 is 22.7 Å². The van der Waals surface area contributed by atoms with Crippen molar-refractivity contribution in [1.82, 2.24) is 0 Å². The fourth-order valence-corrected chi connectivity index (χ4v) is 5.25. The molecule has 3 aliphatic rings. The minimum Gasteiger partial charge on any atom is -1.00 e. The molecule has 3 aliphatic heterocycles. The van der Waals surface area contributed by atoms with Crippen molar-refractivity contribution in [2.75, 3.05) is 32.7 Å². The molecule has 150 valence electrons. The molecule has 0 saturated carbocycles. The van der Waals surface area contributed by atoms with Crippen LogP contribution in [0, 0.1) is 11.8 Å². The number of nitrogens with two attached hydrogens (primary N) is 1. The quantitative estimate of drug-likeness (QED) is 0.579. The Hall–Kier alpha value is -1.53. The Kier molecular flexibility index (Phi) is 6.40. The summed E-state index contributed by atoms with van der Waals surface area (Å²) >= 11 is 0. The summed E-state index contributed by atoms with van der Waals surface area (Å²) in [4.78, 5) is 13.9. The SMILES string of the molecule is NCC[N+]12CCC(CC1)C(C(=O)C(O)(c1ccccc1)c1ccccc1)C2.[Br-]. The van der Waals surface area contributed by atoms with Crippen molar-refractivity contribution >= 4 is 5.78 Å². The van der Waals surface area contributed by atoms with Gasteiger partial charge in [-0.05, 0) is 17.0 Å². The molecule has 4 nitrogen and oxygen atoms in total. The molecule has 0 amide bonds. The molecule has 2 aromatic carbocycles. The van der Waals surface area contributed by atoms with E-state index in [2.05, 4.69) is 0 Å². The Morgan fingerprint density at radius 3 is 1.96 bits per heavy atom. The van der Waals surface area contributed by atoms with E-state index in [0.29, 0.717) is 23.6 Å². The number of piperidine rings is 3. The number of Topliss-reactive ketones (excluding diaryl/α,β-unsaturated/α-hetero) is 1. The number of hydrogen-bond acceptors (Lipinski definition) is 3. The molecule has 3 N–H and O–H groups in total. The number of fused-ring (bicyclic) bond motifs is 3. The van der Waals surface area contributed by atoms with Crippen LogP contribution in [0.25, 0.3) is 0 Å². The molecule has 1 unspecified atom stereocenters. The molecule has 0 aliphatic carbocycles. The average Bonchev–Trinajstić information content (AvgIpc) is 2.74. The second kappa shape index (κ2) is 8.46. The summed E-state index contributed by atoms with van der Waals surface area (Å²) < 4.78 is 0.934. The maximum absolute atomic E-state index is 13.9. The van der Waals surface area contributed by atoms with Gasteiger partial charge in [0.1, 0.15) is 0 Å². The van der Waals surface area contributed by atoms with Gasteiger partial charge in [0.15, 0.2) is 11.4 Å². The number of carbonyl (C=O) groups is 1. The van der Waals surface area contributed by atoms with Crippen LogP contribution in [0.3, 0.4) is 0 Å². The molecule has 28 heavy (non-hydrogen) atoms. The largest absolute Gasteiger partial charge is 1.00 e. The van der Waals surface area contributed by atoms with Crippen LogP contribution in [0.5, 0.6) is 0 Å². The Morgan fingerprint density at radius 2 is 1.50 bits per heavy atom. The number of rotatable bonds is 6. The van der Waals surface area contributed by atoms with Crippen LogP contribution in [-0.4, -0.2) is 48.1 Å². The van der Waals surface area contributed by atoms with Gasteiger partial charge in [-0.1, -0.05) is 60.7 Å². The third kappa shape index (κ3) is 3.57. The highest BCUT2D eigenvalue weighted by Crippen LogP contribution is 2.43. The molecule has 3 heterocycles. The molecule has 1 atom stereocenters. The molecular weight excluding hydrogens is 416 g/mol. The summed E-state index contributed by atoms with van der Waals surface area (Å²) in [6, 6.07) is 18.8. The zero-order valence-electron chi connectivity index (χ0n) is 16.1. The van der Waals surface area contributed by atoms with Crippen molar-refractivity contribution in [3.8, 4) is 0 Å². The highest BCUT2D eigenvalue weighted by molar-refractivity contribution is 5.94. The molecule has 2 bridgehead atoms. The first kappa shape index (κ1) is 21.2. The highest BCUT2D eigenvalue weighted by atomic mass is 79.9. The van der Waals surface area contributed by atoms with E-state index >= 15 is 0 Å². The highest BCUT2D eigenvalue weighted by Gasteiger charge is 2.53. The number of nitrogens with zero attached hydrogens (tertiary/aromatic N) is 1. The van der Waals surface area contributed by atoms with E-state index in [4.69, 9.17) is 5.73 Å². The van der Waals surface area contributed by atoms with Gasteiger partial charge in [-0.2, -0.15) is 0 Å². The average molecular weight is 445 g/mol. The van der Waals surface area contributed by atoms with Gasteiger partial charge in [0.25, 0.3) is 0 Å². The molecule has 2 aromatic rings. The Morgan fingerprint density at radius 1 is 1.00 bits per heavy atom. The molecule has 3 saturated heterocycles. The van der Waals surface area contributed by atoms with Crippen LogP contribution in [0.1, 0.15) is 24.0 Å².